The van der Waals surface area contributed by atoms with E-state index in [9.17, 15) is 0 Å². The molecule has 5 heteroatoms. The second-order valence-corrected chi connectivity index (χ2v) is 3.39. The maximum Gasteiger partial charge on any atom is 0 e. The molecule has 1 heterocycles. The predicted octanol–water partition coefficient (Wildman–Crippen LogP) is 2.27. The molecule has 0 aromatic rings. The smallest absolute Gasteiger partial charge is 0 e. The Hall–Kier alpha value is 0.463. The van der Waals surface area contributed by atoms with Gasteiger partial charge in [0.05, 0.1) is 0 Å². The van der Waals surface area contributed by atoms with Gasteiger partial charge in [-0.25, -0.2) is 0 Å². The zero-order valence-corrected chi connectivity index (χ0v) is 12.5. The van der Waals surface area contributed by atoms with E-state index in [1.165, 1.54) is 0 Å². The van der Waals surface area contributed by atoms with Crippen molar-refractivity contribution in [2.45, 2.75) is 12.8 Å². The summed E-state index contributed by atoms with van der Waals surface area (Å²) in [6.45, 7) is 7.31. The van der Waals surface area contributed by atoms with Gasteiger partial charge in [-0.05, 0) is 0 Å². The molecule has 0 aromatic heterocycles. The first-order chi connectivity index (χ1) is 7.00. The minimum absolute atomic E-state index is 0. The van der Waals surface area contributed by atoms with E-state index in [1.807, 2.05) is 0 Å². The van der Waals surface area contributed by atoms with Crippen LogP contribution in [0.5, 0.6) is 0 Å². The van der Waals surface area contributed by atoms with Gasteiger partial charge in [0.25, 0.3) is 0 Å². The van der Waals surface area contributed by atoms with E-state index < -0.39 is 0 Å². The molecule has 1 aliphatic rings. The summed E-state index contributed by atoms with van der Waals surface area (Å²) in [5.74, 6) is 0. The fourth-order valence-electron chi connectivity index (χ4n) is 1.32. The Labute approximate surface area is 106 Å². The molecule has 0 amide bonds. The van der Waals surface area contributed by atoms with Gasteiger partial charge in [0, 0.05) is 19.5 Å². The summed E-state index contributed by atoms with van der Waals surface area (Å²) < 4.78 is 0. The molecule has 4 nitrogen and oxygen atoms in total. The zero-order chi connectivity index (χ0) is 9.90. The monoisotopic (exact) mass is 260 g/mol. The van der Waals surface area contributed by atoms with Gasteiger partial charge in [0.1, 0.15) is 0 Å². The van der Waals surface area contributed by atoms with Crippen LogP contribution < -0.4 is 0 Å². The summed E-state index contributed by atoms with van der Waals surface area (Å²) in [4.78, 5) is 0. The third-order valence-electron chi connectivity index (χ3n) is 2.10. The van der Waals surface area contributed by atoms with Crippen LogP contribution in [0.25, 0.3) is 21.3 Å². The van der Waals surface area contributed by atoms with Gasteiger partial charge in [-0.15, -0.1) is 0 Å². The van der Waals surface area contributed by atoms with Crippen LogP contribution in [0.4, 0.5) is 0 Å². The second kappa shape index (κ2) is 12.5. The maximum atomic E-state index is 4.38. The minimum Gasteiger partial charge on any atom is -0.664 e. The Kier molecular flexibility index (Phi) is 12.9. The Morgan fingerprint density at radius 1 is 0.400 bits per heavy atom. The number of hydrogen-bond donors (Lipinski definition) is 0. The maximum absolute atomic E-state index is 4.38. The Bertz CT molecular complexity index is 70.7. The van der Waals surface area contributed by atoms with Crippen molar-refractivity contribution >= 4 is 0 Å². The molecule has 1 fully saturated rings. The SMILES string of the molecule is C1C[N-]CC[N-]CCC[N-]CC[N-]C1.[Zn]. The molecule has 0 N–H and O–H groups in total. The molecule has 86 valence electrons. The van der Waals surface area contributed by atoms with Gasteiger partial charge in [0.2, 0.25) is 0 Å². The van der Waals surface area contributed by atoms with Gasteiger partial charge < -0.3 is 21.3 Å². The van der Waals surface area contributed by atoms with Crippen molar-refractivity contribution < 1.29 is 19.5 Å². The molecule has 0 bridgehead atoms. The summed E-state index contributed by atoms with van der Waals surface area (Å²) in [5, 5.41) is 17.5. The molecule has 1 saturated heterocycles. The quantitative estimate of drug-likeness (QED) is 0.601. The van der Waals surface area contributed by atoms with E-state index in [4.69, 9.17) is 0 Å². The van der Waals surface area contributed by atoms with Crippen LogP contribution in [0.2, 0.25) is 0 Å². The molecule has 0 aromatic carbocycles. The van der Waals surface area contributed by atoms with Crippen molar-refractivity contribution in [3.63, 3.8) is 0 Å². The van der Waals surface area contributed by atoms with Gasteiger partial charge >= 0.3 is 0 Å². The number of hydrogen-bond acceptors (Lipinski definition) is 0. The zero-order valence-electron chi connectivity index (χ0n) is 9.57. The first-order valence-electron chi connectivity index (χ1n) is 5.53. The van der Waals surface area contributed by atoms with Crippen LogP contribution in [0.3, 0.4) is 0 Å². The average molecular weight is 262 g/mol. The van der Waals surface area contributed by atoms with Crippen molar-refractivity contribution in [2.24, 2.45) is 0 Å². The molecular weight excluding hydrogens is 242 g/mol. The number of nitrogens with zero attached hydrogens (tertiary/aromatic N) is 4. The molecule has 0 spiro atoms. The third kappa shape index (κ3) is 10.7. The first kappa shape index (κ1) is 15.5. The van der Waals surface area contributed by atoms with Crippen LogP contribution in [0, 0.1) is 0 Å². The van der Waals surface area contributed by atoms with Crippen LogP contribution in [-0.2, 0) is 19.5 Å². The molecular formula is C10H20N4Zn-4. The molecule has 15 heavy (non-hydrogen) atoms. The van der Waals surface area contributed by atoms with Gasteiger partial charge in [0.15, 0.2) is 0 Å². The van der Waals surface area contributed by atoms with Crippen LogP contribution >= 0.6 is 0 Å². The van der Waals surface area contributed by atoms with Gasteiger partial charge in [-0.2, -0.15) is 52.4 Å². The van der Waals surface area contributed by atoms with Crippen molar-refractivity contribution in [1.29, 1.82) is 0 Å². The normalized spacial score (nSPS) is 22.4. The average Bonchev–Trinajstić information content (AvgIpc) is 2.22. The van der Waals surface area contributed by atoms with E-state index in [0.29, 0.717) is 0 Å². The van der Waals surface area contributed by atoms with Crippen molar-refractivity contribution in [2.75, 3.05) is 52.4 Å². The fraction of sp³-hybridized carbons (Fsp3) is 1.00. The second-order valence-electron chi connectivity index (χ2n) is 3.39. The van der Waals surface area contributed by atoms with Crippen molar-refractivity contribution in [3.8, 4) is 0 Å². The largest absolute Gasteiger partial charge is 0.664 e. The van der Waals surface area contributed by atoms with Crippen LogP contribution in [0.15, 0.2) is 0 Å². The third-order valence-corrected chi connectivity index (χ3v) is 2.10. The Balaban J connectivity index is 0.00000196. The van der Waals surface area contributed by atoms with Gasteiger partial charge in [-0.1, -0.05) is 12.8 Å². The van der Waals surface area contributed by atoms with Crippen molar-refractivity contribution in [3.05, 3.63) is 21.3 Å². The molecule has 0 radical (unpaired) electrons. The summed E-state index contributed by atoms with van der Waals surface area (Å²) in [6, 6.07) is 0. The molecule has 1 rings (SSSR count). The summed E-state index contributed by atoms with van der Waals surface area (Å²) >= 11 is 0. The molecule has 1 aliphatic heterocycles. The fourth-order valence-corrected chi connectivity index (χ4v) is 1.32. The summed E-state index contributed by atoms with van der Waals surface area (Å²) in [5.41, 5.74) is 0. The summed E-state index contributed by atoms with van der Waals surface area (Å²) in [7, 11) is 0. The topological polar surface area (TPSA) is 56.4 Å². The van der Waals surface area contributed by atoms with E-state index in [1.54, 1.807) is 0 Å². The van der Waals surface area contributed by atoms with Crippen LogP contribution in [0.1, 0.15) is 12.8 Å². The van der Waals surface area contributed by atoms with E-state index in [2.05, 4.69) is 21.3 Å². The van der Waals surface area contributed by atoms with E-state index in [0.717, 1.165) is 65.2 Å². The minimum atomic E-state index is 0. The summed E-state index contributed by atoms with van der Waals surface area (Å²) in [6.07, 6.45) is 2.17. The standard InChI is InChI=1S/C10H20N4.Zn/c1-3-11-7-9-13-5-2-6-14-10-8-12-4-1;/h1-10H2;/q-4;. The Morgan fingerprint density at radius 3 is 0.933 bits per heavy atom. The van der Waals surface area contributed by atoms with Crippen LogP contribution in [-0.4, -0.2) is 52.4 Å². The van der Waals surface area contributed by atoms with E-state index in [-0.39, 0.29) is 19.5 Å². The predicted molar refractivity (Wildman–Crippen MR) is 61.6 cm³/mol. The number of rotatable bonds is 0. The van der Waals surface area contributed by atoms with Crippen molar-refractivity contribution in [1.82, 2.24) is 0 Å². The van der Waals surface area contributed by atoms with Gasteiger partial charge in [-0.3, -0.25) is 0 Å². The molecule has 0 saturated carbocycles. The Morgan fingerprint density at radius 2 is 0.667 bits per heavy atom. The molecule has 0 unspecified atom stereocenters. The van der Waals surface area contributed by atoms with E-state index >= 15 is 0 Å². The molecule has 0 aliphatic carbocycles. The molecule has 0 atom stereocenters. The first-order valence-corrected chi connectivity index (χ1v) is 5.53.